The Hall–Kier alpha value is -2.39. The highest BCUT2D eigenvalue weighted by Crippen LogP contribution is 2.37. The monoisotopic (exact) mass is 463 g/mol. The molecule has 1 saturated carbocycles. The minimum atomic E-state index is -0.883. The minimum absolute atomic E-state index is 0.0999. The van der Waals surface area contributed by atoms with Crippen molar-refractivity contribution in [1.82, 2.24) is 10.0 Å². The number of hydroxylamine groups is 2. The third-order valence-corrected chi connectivity index (χ3v) is 6.08. The fourth-order valence-electron chi connectivity index (χ4n) is 4.36. The Kier molecular flexibility index (Phi) is 8.53. The van der Waals surface area contributed by atoms with E-state index in [9.17, 15) is 14.7 Å². The van der Waals surface area contributed by atoms with E-state index < -0.39 is 23.8 Å². The largest absolute Gasteiger partial charge is 0.528 e. The summed E-state index contributed by atoms with van der Waals surface area (Å²) in [5.41, 5.74) is 1.63. The zero-order chi connectivity index (χ0) is 24.0. The van der Waals surface area contributed by atoms with Crippen LogP contribution in [0.3, 0.4) is 0 Å². The molecule has 0 saturated heterocycles. The summed E-state index contributed by atoms with van der Waals surface area (Å²) in [7, 11) is 1.28. The quantitative estimate of drug-likeness (QED) is 0.421. The first-order valence-electron chi connectivity index (χ1n) is 11.8. The summed E-state index contributed by atoms with van der Waals surface area (Å²) in [6.45, 7) is 5.97. The minimum Gasteiger partial charge on any atom is -0.468 e. The molecule has 9 heteroatoms. The maximum Gasteiger partial charge on any atom is 0.528 e. The molecule has 2 aliphatic rings. The third kappa shape index (κ3) is 7.04. The maximum absolute atomic E-state index is 12.3. The molecule has 1 fully saturated rings. The molecule has 1 aliphatic heterocycles. The second kappa shape index (κ2) is 11.2. The van der Waals surface area contributed by atoms with E-state index in [4.69, 9.17) is 19.3 Å². The summed E-state index contributed by atoms with van der Waals surface area (Å²) in [6, 6.07) is 3.25. The first kappa shape index (κ1) is 25.2. The third-order valence-electron chi connectivity index (χ3n) is 6.08. The number of carbonyl (C=O) groups excluding carboxylic acids is 2. The number of rotatable bonds is 9. The Bertz CT molecular complexity index is 819. The van der Waals surface area contributed by atoms with Gasteiger partial charge in [-0.25, -0.2) is 9.78 Å². The van der Waals surface area contributed by atoms with Gasteiger partial charge in [-0.05, 0) is 83.3 Å². The van der Waals surface area contributed by atoms with Crippen LogP contribution in [0, 0.1) is 5.92 Å². The summed E-state index contributed by atoms with van der Waals surface area (Å²) in [4.78, 5) is 34.9. The number of hydrogen-bond acceptors (Lipinski definition) is 9. The number of esters is 1. The average Bonchev–Trinajstić information content (AvgIpc) is 2.73. The normalized spacial score (nSPS) is 20.8. The number of pyridine rings is 1. The first-order valence-corrected chi connectivity index (χ1v) is 11.8. The zero-order valence-electron chi connectivity index (χ0n) is 20.1. The number of carbonyl (C=O) groups is 2. The molecule has 33 heavy (non-hydrogen) atoms. The number of aryl methyl sites for hydroxylation is 2. The van der Waals surface area contributed by atoms with Crippen LogP contribution in [0.4, 0.5) is 10.6 Å². The maximum atomic E-state index is 12.3. The van der Waals surface area contributed by atoms with Crippen LogP contribution in [0.2, 0.25) is 0 Å². The van der Waals surface area contributed by atoms with Crippen molar-refractivity contribution >= 4 is 17.9 Å². The number of hydrogen-bond donors (Lipinski definition) is 2. The number of aromatic nitrogens is 1. The van der Waals surface area contributed by atoms with Gasteiger partial charge in [0.15, 0.2) is 0 Å². The Labute approximate surface area is 195 Å². The molecule has 0 spiro atoms. The van der Waals surface area contributed by atoms with Crippen LogP contribution in [0.5, 0.6) is 0 Å². The fraction of sp³-hybridized carbons (Fsp3) is 0.708. The topological polar surface area (TPSA) is 110 Å². The second-order valence-corrected chi connectivity index (χ2v) is 9.84. The van der Waals surface area contributed by atoms with Crippen molar-refractivity contribution in [2.45, 2.75) is 83.4 Å². The van der Waals surface area contributed by atoms with Crippen molar-refractivity contribution in [3.63, 3.8) is 0 Å². The molecular weight excluding hydrogens is 426 g/mol. The molecule has 0 radical (unpaired) electrons. The number of nitrogens with one attached hydrogen (secondary N) is 1. The van der Waals surface area contributed by atoms with Gasteiger partial charge in [-0.1, -0.05) is 6.07 Å². The summed E-state index contributed by atoms with van der Waals surface area (Å²) in [6.07, 6.45) is 4.81. The molecule has 1 aromatic rings. The van der Waals surface area contributed by atoms with Gasteiger partial charge in [0, 0.05) is 24.9 Å². The standard InChI is InChI=1S/C24H37N3O6/c1-24(2,3)32-23(30)33-27(20(11-13-28)22(29)31-4)19-14-16(15-19)7-9-18-10-8-17-6-5-12-25-21(17)26-18/h8,10,16,19-20,28H,5-7,9,11-15H2,1-4H3,(H,25,26)/t16?,19?,20-/m0/s1. The van der Waals surface area contributed by atoms with E-state index in [1.54, 1.807) is 20.8 Å². The van der Waals surface area contributed by atoms with E-state index in [2.05, 4.69) is 17.4 Å². The summed E-state index contributed by atoms with van der Waals surface area (Å²) in [5, 5.41) is 14.2. The van der Waals surface area contributed by atoms with Gasteiger partial charge in [0.25, 0.3) is 0 Å². The van der Waals surface area contributed by atoms with Crippen LogP contribution in [0.15, 0.2) is 12.1 Å². The molecule has 9 nitrogen and oxygen atoms in total. The highest BCUT2D eigenvalue weighted by molar-refractivity contribution is 5.75. The zero-order valence-corrected chi connectivity index (χ0v) is 20.1. The van der Waals surface area contributed by atoms with Crippen LogP contribution < -0.4 is 5.32 Å². The second-order valence-electron chi connectivity index (χ2n) is 9.84. The Morgan fingerprint density at radius 3 is 2.73 bits per heavy atom. The lowest BCUT2D eigenvalue weighted by Gasteiger charge is -2.43. The van der Waals surface area contributed by atoms with Crippen molar-refractivity contribution < 1.29 is 29.0 Å². The number of aliphatic hydroxyl groups excluding tert-OH is 1. The molecule has 184 valence electrons. The lowest BCUT2D eigenvalue weighted by Crippen LogP contribution is -2.54. The van der Waals surface area contributed by atoms with Crippen molar-refractivity contribution in [2.24, 2.45) is 5.92 Å². The Morgan fingerprint density at radius 2 is 2.06 bits per heavy atom. The Balaban J connectivity index is 1.59. The van der Waals surface area contributed by atoms with Gasteiger partial charge < -0.3 is 24.7 Å². The molecule has 0 aromatic carbocycles. The predicted octanol–water partition coefficient (Wildman–Crippen LogP) is 3.24. The number of ether oxygens (including phenoxy) is 2. The smallest absolute Gasteiger partial charge is 0.468 e. The lowest BCUT2D eigenvalue weighted by atomic mass is 9.76. The van der Waals surface area contributed by atoms with Crippen LogP contribution in [-0.2, 0) is 31.9 Å². The molecule has 2 heterocycles. The SMILES string of the molecule is COC(=O)[C@H](CCO)N(OC(=O)OC(C)(C)C)C1CC(CCc2ccc3c(n2)NCCC3)C1. The van der Waals surface area contributed by atoms with Crippen molar-refractivity contribution in [1.29, 1.82) is 0 Å². The fourth-order valence-corrected chi connectivity index (χ4v) is 4.36. The molecular formula is C24H37N3O6. The van der Waals surface area contributed by atoms with E-state index in [-0.39, 0.29) is 19.1 Å². The molecule has 1 aliphatic carbocycles. The van der Waals surface area contributed by atoms with Gasteiger partial charge in [0.1, 0.15) is 17.5 Å². The summed E-state index contributed by atoms with van der Waals surface area (Å²) < 4.78 is 10.2. The molecule has 0 unspecified atom stereocenters. The van der Waals surface area contributed by atoms with E-state index in [1.165, 1.54) is 17.7 Å². The molecule has 0 bridgehead atoms. The van der Waals surface area contributed by atoms with E-state index >= 15 is 0 Å². The van der Waals surface area contributed by atoms with Gasteiger partial charge in [-0.3, -0.25) is 4.79 Å². The van der Waals surface area contributed by atoms with Crippen LogP contribution in [0.25, 0.3) is 0 Å². The number of fused-ring (bicyclic) bond motifs is 1. The van der Waals surface area contributed by atoms with Gasteiger partial charge in [-0.15, -0.1) is 5.06 Å². The van der Waals surface area contributed by atoms with Crippen molar-refractivity contribution in [3.05, 3.63) is 23.4 Å². The molecule has 1 aromatic heterocycles. The number of anilines is 1. The van der Waals surface area contributed by atoms with E-state index in [0.29, 0.717) is 5.92 Å². The van der Waals surface area contributed by atoms with Crippen LogP contribution >= 0.6 is 0 Å². The van der Waals surface area contributed by atoms with Gasteiger partial charge in [0.05, 0.1) is 7.11 Å². The summed E-state index contributed by atoms with van der Waals surface area (Å²) >= 11 is 0. The van der Waals surface area contributed by atoms with E-state index in [1.807, 2.05) is 0 Å². The highest BCUT2D eigenvalue weighted by Gasteiger charge is 2.42. The van der Waals surface area contributed by atoms with Crippen molar-refractivity contribution in [2.75, 3.05) is 25.6 Å². The lowest BCUT2D eigenvalue weighted by molar-refractivity contribution is -0.219. The van der Waals surface area contributed by atoms with Gasteiger partial charge in [-0.2, -0.15) is 0 Å². The molecule has 1 atom stereocenters. The van der Waals surface area contributed by atoms with Crippen molar-refractivity contribution in [3.8, 4) is 0 Å². The summed E-state index contributed by atoms with van der Waals surface area (Å²) in [5.74, 6) is 0.881. The molecule has 3 rings (SSSR count). The number of methoxy groups -OCH3 is 1. The molecule has 0 amide bonds. The predicted molar refractivity (Wildman–Crippen MR) is 123 cm³/mol. The van der Waals surface area contributed by atoms with E-state index in [0.717, 1.165) is 56.6 Å². The number of aliphatic hydroxyl groups is 1. The van der Waals surface area contributed by atoms with Gasteiger partial charge >= 0.3 is 12.1 Å². The van der Waals surface area contributed by atoms with Crippen LogP contribution in [0.1, 0.15) is 64.1 Å². The number of nitrogens with zero attached hydrogens (tertiary/aromatic N) is 2. The Morgan fingerprint density at radius 1 is 1.30 bits per heavy atom. The highest BCUT2D eigenvalue weighted by atomic mass is 16.8. The van der Waals surface area contributed by atoms with Crippen LogP contribution in [-0.4, -0.2) is 65.2 Å². The van der Waals surface area contributed by atoms with Gasteiger partial charge in [0.2, 0.25) is 0 Å². The average molecular weight is 464 g/mol. The molecule has 2 N–H and O–H groups in total. The first-order chi connectivity index (χ1) is 15.7.